The van der Waals surface area contributed by atoms with Crippen molar-refractivity contribution in [3.63, 3.8) is 0 Å². The Bertz CT molecular complexity index is 312. The molecule has 3 nitrogen and oxygen atoms in total. The summed E-state index contributed by atoms with van der Waals surface area (Å²) in [5.41, 5.74) is 3.04. The van der Waals surface area contributed by atoms with E-state index in [-0.39, 0.29) is 0 Å². The largest absolute Gasteiger partial charge is 0.383 e. The fraction of sp³-hybridized carbons (Fsp3) is 0.750. The minimum absolute atomic E-state index is 0.343. The molecule has 2 atom stereocenters. The second-order valence-corrected chi connectivity index (χ2v) is 5.38. The summed E-state index contributed by atoms with van der Waals surface area (Å²) >= 11 is 1.72. The molecule has 16 heavy (non-hydrogen) atoms. The van der Waals surface area contributed by atoms with Crippen LogP contribution in [0.3, 0.4) is 0 Å². The summed E-state index contributed by atoms with van der Waals surface area (Å²) in [4.78, 5) is 5.60. The molecule has 1 rings (SSSR count). The van der Waals surface area contributed by atoms with Crippen LogP contribution in [-0.2, 0) is 4.74 Å². The summed E-state index contributed by atoms with van der Waals surface area (Å²) in [5.74, 6) is 0.565. The van der Waals surface area contributed by atoms with Gasteiger partial charge in [-0.2, -0.15) is 0 Å². The van der Waals surface area contributed by atoms with Crippen molar-refractivity contribution in [3.05, 3.63) is 16.1 Å². The Labute approximate surface area is 102 Å². The third-order valence-electron chi connectivity index (χ3n) is 2.79. The van der Waals surface area contributed by atoms with Crippen LogP contribution in [0.4, 0.5) is 0 Å². The lowest BCUT2D eigenvalue weighted by Crippen LogP contribution is -2.39. The standard InChI is InChI=1S/C12H22N2OS/c1-8(2)11(6-15-5)14-10(4)12-9(3)13-7-16-12/h7-8,10-11,14H,6H2,1-5H3. The highest BCUT2D eigenvalue weighted by Crippen LogP contribution is 2.22. The third-order valence-corrected chi connectivity index (χ3v) is 3.90. The van der Waals surface area contributed by atoms with Gasteiger partial charge in [-0.05, 0) is 19.8 Å². The van der Waals surface area contributed by atoms with E-state index in [0.29, 0.717) is 18.0 Å². The van der Waals surface area contributed by atoms with Gasteiger partial charge in [-0.3, -0.25) is 0 Å². The Hall–Kier alpha value is -0.450. The van der Waals surface area contributed by atoms with Gasteiger partial charge in [0, 0.05) is 24.1 Å². The average molecular weight is 242 g/mol. The van der Waals surface area contributed by atoms with E-state index in [4.69, 9.17) is 4.74 Å². The Morgan fingerprint density at radius 3 is 2.56 bits per heavy atom. The zero-order valence-electron chi connectivity index (χ0n) is 10.8. The zero-order chi connectivity index (χ0) is 12.1. The minimum atomic E-state index is 0.343. The van der Waals surface area contributed by atoms with Crippen molar-refractivity contribution in [2.45, 2.75) is 39.8 Å². The van der Waals surface area contributed by atoms with E-state index in [2.05, 4.69) is 38.0 Å². The molecule has 2 unspecified atom stereocenters. The van der Waals surface area contributed by atoms with Gasteiger partial charge in [0.25, 0.3) is 0 Å². The van der Waals surface area contributed by atoms with Crippen molar-refractivity contribution in [1.29, 1.82) is 0 Å². The van der Waals surface area contributed by atoms with Crippen LogP contribution in [0.15, 0.2) is 5.51 Å². The highest BCUT2D eigenvalue weighted by Gasteiger charge is 2.18. The molecular formula is C12H22N2OS. The van der Waals surface area contributed by atoms with Crippen molar-refractivity contribution in [2.24, 2.45) is 5.92 Å². The molecule has 0 aromatic carbocycles. The fourth-order valence-corrected chi connectivity index (χ4v) is 2.56. The number of nitrogens with one attached hydrogen (secondary N) is 1. The molecule has 0 spiro atoms. The Kier molecular flexibility index (Phi) is 5.38. The maximum absolute atomic E-state index is 5.24. The SMILES string of the molecule is COCC(NC(C)c1scnc1C)C(C)C. The lowest BCUT2D eigenvalue weighted by Gasteiger charge is -2.25. The first-order chi connectivity index (χ1) is 7.56. The molecule has 4 heteroatoms. The molecule has 1 N–H and O–H groups in total. The zero-order valence-corrected chi connectivity index (χ0v) is 11.6. The van der Waals surface area contributed by atoms with Crippen molar-refractivity contribution in [1.82, 2.24) is 10.3 Å². The first kappa shape index (κ1) is 13.6. The number of methoxy groups -OCH3 is 1. The smallest absolute Gasteiger partial charge is 0.0798 e. The molecule has 0 aliphatic carbocycles. The molecule has 1 aromatic heterocycles. The first-order valence-electron chi connectivity index (χ1n) is 5.71. The topological polar surface area (TPSA) is 34.1 Å². The summed E-state index contributed by atoms with van der Waals surface area (Å²) in [6, 6.07) is 0.733. The molecule has 0 aliphatic heterocycles. The summed E-state index contributed by atoms with van der Waals surface area (Å²) in [7, 11) is 1.75. The van der Waals surface area contributed by atoms with Gasteiger partial charge in [-0.15, -0.1) is 11.3 Å². The monoisotopic (exact) mass is 242 g/mol. The lowest BCUT2D eigenvalue weighted by molar-refractivity contribution is 0.142. The number of ether oxygens (including phenoxy) is 1. The number of nitrogens with zero attached hydrogens (tertiary/aromatic N) is 1. The maximum atomic E-state index is 5.24. The van der Waals surface area contributed by atoms with Crippen LogP contribution in [0, 0.1) is 12.8 Å². The van der Waals surface area contributed by atoms with Gasteiger partial charge in [0.05, 0.1) is 17.8 Å². The molecule has 0 fully saturated rings. The van der Waals surface area contributed by atoms with Crippen LogP contribution in [0.2, 0.25) is 0 Å². The van der Waals surface area contributed by atoms with Gasteiger partial charge < -0.3 is 10.1 Å². The summed E-state index contributed by atoms with van der Waals surface area (Å²) in [5, 5.41) is 3.61. The lowest BCUT2D eigenvalue weighted by atomic mass is 10.0. The van der Waals surface area contributed by atoms with Crippen LogP contribution in [-0.4, -0.2) is 24.7 Å². The van der Waals surface area contributed by atoms with Crippen LogP contribution in [0.1, 0.15) is 37.4 Å². The highest BCUT2D eigenvalue weighted by molar-refractivity contribution is 7.09. The predicted molar refractivity (Wildman–Crippen MR) is 68.9 cm³/mol. The van der Waals surface area contributed by atoms with Crippen molar-refractivity contribution >= 4 is 11.3 Å². The predicted octanol–water partition coefficient (Wildman–Crippen LogP) is 2.77. The van der Waals surface area contributed by atoms with E-state index in [9.17, 15) is 0 Å². The highest BCUT2D eigenvalue weighted by atomic mass is 32.1. The van der Waals surface area contributed by atoms with Gasteiger partial charge >= 0.3 is 0 Å². The number of thiazole rings is 1. The molecule has 0 aliphatic rings. The molecule has 0 bridgehead atoms. The van der Waals surface area contributed by atoms with Gasteiger partial charge in [-0.1, -0.05) is 13.8 Å². The van der Waals surface area contributed by atoms with Crippen LogP contribution in [0.5, 0.6) is 0 Å². The van der Waals surface area contributed by atoms with E-state index >= 15 is 0 Å². The maximum Gasteiger partial charge on any atom is 0.0798 e. The van der Waals surface area contributed by atoms with E-state index < -0.39 is 0 Å². The van der Waals surface area contributed by atoms with Crippen LogP contribution in [0.25, 0.3) is 0 Å². The summed E-state index contributed by atoms with van der Waals surface area (Å²) in [6.07, 6.45) is 0. The fourth-order valence-electron chi connectivity index (χ4n) is 1.74. The molecule has 1 aromatic rings. The first-order valence-corrected chi connectivity index (χ1v) is 6.59. The molecule has 0 amide bonds. The Balaban J connectivity index is 2.61. The van der Waals surface area contributed by atoms with E-state index in [1.165, 1.54) is 4.88 Å². The Morgan fingerprint density at radius 1 is 1.44 bits per heavy atom. The van der Waals surface area contributed by atoms with Gasteiger partial charge in [0.2, 0.25) is 0 Å². The minimum Gasteiger partial charge on any atom is -0.383 e. The quantitative estimate of drug-likeness (QED) is 0.833. The third kappa shape index (κ3) is 3.54. The van der Waals surface area contributed by atoms with E-state index in [1.807, 2.05) is 5.51 Å². The molecule has 0 saturated heterocycles. The average Bonchev–Trinajstić information content (AvgIpc) is 2.63. The molecule has 0 saturated carbocycles. The van der Waals surface area contributed by atoms with Crippen molar-refractivity contribution in [3.8, 4) is 0 Å². The number of hydrogen-bond acceptors (Lipinski definition) is 4. The number of aryl methyl sites for hydroxylation is 1. The van der Waals surface area contributed by atoms with E-state index in [0.717, 1.165) is 12.3 Å². The number of rotatable bonds is 6. The van der Waals surface area contributed by atoms with Crippen LogP contribution >= 0.6 is 11.3 Å². The summed E-state index contributed by atoms with van der Waals surface area (Å²) in [6.45, 7) is 9.42. The molecule has 0 radical (unpaired) electrons. The molecule has 92 valence electrons. The van der Waals surface area contributed by atoms with Gasteiger partial charge in [0.1, 0.15) is 0 Å². The van der Waals surface area contributed by atoms with Gasteiger partial charge in [-0.25, -0.2) is 4.98 Å². The summed E-state index contributed by atoms with van der Waals surface area (Å²) < 4.78 is 5.24. The Morgan fingerprint density at radius 2 is 2.12 bits per heavy atom. The van der Waals surface area contributed by atoms with Crippen molar-refractivity contribution < 1.29 is 4.74 Å². The molecule has 1 heterocycles. The molecular weight excluding hydrogens is 220 g/mol. The van der Waals surface area contributed by atoms with Crippen LogP contribution < -0.4 is 5.32 Å². The number of hydrogen-bond donors (Lipinski definition) is 1. The second kappa shape index (κ2) is 6.33. The van der Waals surface area contributed by atoms with Gasteiger partial charge in [0.15, 0.2) is 0 Å². The second-order valence-electron chi connectivity index (χ2n) is 4.50. The normalized spacial score (nSPS) is 15.4. The van der Waals surface area contributed by atoms with Crippen molar-refractivity contribution in [2.75, 3.05) is 13.7 Å². The number of aromatic nitrogens is 1. The van der Waals surface area contributed by atoms with E-state index in [1.54, 1.807) is 18.4 Å².